The molecule has 2 rings (SSSR count). The minimum Gasteiger partial charge on any atom is -0.326 e. The van der Waals surface area contributed by atoms with Gasteiger partial charge in [-0.15, -0.1) is 11.3 Å². The van der Waals surface area contributed by atoms with Crippen LogP contribution in [0.2, 0.25) is 0 Å². The topological polar surface area (TPSA) is 42.2 Å². The van der Waals surface area contributed by atoms with Gasteiger partial charge < -0.3 is 5.73 Å². The van der Waals surface area contributed by atoms with Crippen molar-refractivity contribution < 1.29 is 0 Å². The average molecular weight is 197 g/mol. The lowest BCUT2D eigenvalue weighted by atomic mass is 10.2. The lowest BCUT2D eigenvalue weighted by Crippen LogP contribution is -2.28. The lowest BCUT2D eigenvalue weighted by Gasteiger charge is -2.22. The molecule has 1 aliphatic heterocycles. The van der Waals surface area contributed by atoms with E-state index in [4.69, 9.17) is 5.73 Å². The molecule has 2 N–H and O–H groups in total. The third kappa shape index (κ3) is 1.90. The molecule has 2 heterocycles. The fourth-order valence-corrected chi connectivity index (χ4v) is 2.42. The van der Waals surface area contributed by atoms with Crippen LogP contribution in [0.15, 0.2) is 10.9 Å². The van der Waals surface area contributed by atoms with Gasteiger partial charge in [0.05, 0.1) is 17.2 Å². The molecule has 1 aromatic heterocycles. The number of rotatable bonds is 2. The fraction of sp³-hybridized carbons (Fsp3) is 0.667. The standard InChI is InChI=1S/C9H15N3S/c1-7(9-5-13-6-11-9)12-3-2-8(10)4-12/h5-8H,2-4,10H2,1H3. The molecule has 2 unspecified atom stereocenters. The van der Waals surface area contributed by atoms with Crippen molar-refractivity contribution >= 4 is 11.3 Å². The predicted octanol–water partition coefficient (Wildman–Crippen LogP) is 1.24. The molecular formula is C9H15N3S. The number of hydrogen-bond acceptors (Lipinski definition) is 4. The zero-order valence-electron chi connectivity index (χ0n) is 7.81. The minimum absolute atomic E-state index is 0.362. The van der Waals surface area contributed by atoms with Gasteiger partial charge in [0.1, 0.15) is 0 Å². The monoisotopic (exact) mass is 197 g/mol. The van der Waals surface area contributed by atoms with Gasteiger partial charge in [-0.3, -0.25) is 4.90 Å². The maximum atomic E-state index is 5.86. The van der Waals surface area contributed by atoms with Crippen LogP contribution in [-0.2, 0) is 0 Å². The maximum absolute atomic E-state index is 5.86. The van der Waals surface area contributed by atoms with E-state index >= 15 is 0 Å². The van der Waals surface area contributed by atoms with E-state index in [0.29, 0.717) is 12.1 Å². The highest BCUT2D eigenvalue weighted by Gasteiger charge is 2.24. The molecule has 0 spiro atoms. The van der Waals surface area contributed by atoms with Gasteiger partial charge in [0, 0.05) is 24.5 Å². The Balaban J connectivity index is 2.02. The number of nitrogens with zero attached hydrogens (tertiary/aromatic N) is 2. The van der Waals surface area contributed by atoms with Gasteiger partial charge in [0.2, 0.25) is 0 Å². The van der Waals surface area contributed by atoms with Crippen LogP contribution in [0.25, 0.3) is 0 Å². The van der Waals surface area contributed by atoms with Gasteiger partial charge in [-0.2, -0.15) is 0 Å². The minimum atomic E-state index is 0.362. The van der Waals surface area contributed by atoms with E-state index in [2.05, 4.69) is 22.2 Å². The van der Waals surface area contributed by atoms with Crippen LogP contribution in [-0.4, -0.2) is 29.0 Å². The predicted molar refractivity (Wildman–Crippen MR) is 54.7 cm³/mol. The van der Waals surface area contributed by atoms with Crippen molar-refractivity contribution in [3.05, 3.63) is 16.6 Å². The Morgan fingerprint density at radius 1 is 1.77 bits per heavy atom. The first-order chi connectivity index (χ1) is 6.27. The number of likely N-dealkylation sites (tertiary alicyclic amines) is 1. The summed E-state index contributed by atoms with van der Waals surface area (Å²) < 4.78 is 0. The fourth-order valence-electron chi connectivity index (χ4n) is 1.78. The van der Waals surface area contributed by atoms with E-state index in [1.54, 1.807) is 11.3 Å². The van der Waals surface area contributed by atoms with Gasteiger partial charge in [-0.25, -0.2) is 4.98 Å². The molecule has 72 valence electrons. The Labute approximate surface area is 82.6 Å². The summed E-state index contributed by atoms with van der Waals surface area (Å²) in [7, 11) is 0. The molecule has 0 aliphatic carbocycles. The van der Waals surface area contributed by atoms with Crippen molar-refractivity contribution in [3.8, 4) is 0 Å². The van der Waals surface area contributed by atoms with Gasteiger partial charge in [0.25, 0.3) is 0 Å². The van der Waals surface area contributed by atoms with Crippen molar-refractivity contribution in [1.29, 1.82) is 0 Å². The molecule has 0 aromatic carbocycles. The van der Waals surface area contributed by atoms with Crippen LogP contribution in [0.3, 0.4) is 0 Å². The van der Waals surface area contributed by atoms with Crippen LogP contribution in [0.4, 0.5) is 0 Å². The van der Waals surface area contributed by atoms with E-state index < -0.39 is 0 Å². The molecule has 0 saturated carbocycles. The van der Waals surface area contributed by atoms with Crippen molar-refractivity contribution in [1.82, 2.24) is 9.88 Å². The molecule has 13 heavy (non-hydrogen) atoms. The second-order valence-corrected chi connectivity index (χ2v) is 4.35. The summed E-state index contributed by atoms with van der Waals surface area (Å²) in [5.41, 5.74) is 8.93. The largest absolute Gasteiger partial charge is 0.326 e. The molecule has 1 saturated heterocycles. The lowest BCUT2D eigenvalue weighted by molar-refractivity contribution is 0.256. The van der Waals surface area contributed by atoms with Crippen molar-refractivity contribution in [2.75, 3.05) is 13.1 Å². The average Bonchev–Trinajstić information content (AvgIpc) is 2.72. The van der Waals surface area contributed by atoms with Crippen LogP contribution in [0, 0.1) is 0 Å². The molecule has 0 amide bonds. The first kappa shape index (κ1) is 9.12. The Morgan fingerprint density at radius 3 is 3.15 bits per heavy atom. The summed E-state index contributed by atoms with van der Waals surface area (Å²) in [6, 6.07) is 0.792. The first-order valence-electron chi connectivity index (χ1n) is 4.65. The van der Waals surface area contributed by atoms with Crippen molar-refractivity contribution in [3.63, 3.8) is 0 Å². The van der Waals surface area contributed by atoms with Crippen LogP contribution in [0.5, 0.6) is 0 Å². The third-order valence-corrected chi connectivity index (χ3v) is 3.29. The van der Waals surface area contributed by atoms with E-state index in [1.165, 1.54) is 5.69 Å². The summed E-state index contributed by atoms with van der Waals surface area (Å²) in [5.74, 6) is 0. The number of nitrogens with two attached hydrogens (primary N) is 1. The highest BCUT2D eigenvalue weighted by atomic mass is 32.1. The molecule has 4 heteroatoms. The molecule has 1 aromatic rings. The molecule has 0 bridgehead atoms. The van der Waals surface area contributed by atoms with Gasteiger partial charge in [0.15, 0.2) is 0 Å². The smallest absolute Gasteiger partial charge is 0.0795 e. The van der Waals surface area contributed by atoms with Gasteiger partial charge >= 0.3 is 0 Å². The van der Waals surface area contributed by atoms with Crippen molar-refractivity contribution in [2.45, 2.75) is 25.4 Å². The highest BCUT2D eigenvalue weighted by Crippen LogP contribution is 2.23. The van der Waals surface area contributed by atoms with Crippen LogP contribution < -0.4 is 5.73 Å². The summed E-state index contributed by atoms with van der Waals surface area (Å²) in [6.45, 7) is 4.33. The Morgan fingerprint density at radius 2 is 2.62 bits per heavy atom. The highest BCUT2D eigenvalue weighted by molar-refractivity contribution is 7.07. The number of thiazole rings is 1. The molecule has 0 radical (unpaired) electrons. The Kier molecular flexibility index (Phi) is 2.62. The van der Waals surface area contributed by atoms with Crippen molar-refractivity contribution in [2.24, 2.45) is 5.73 Å². The number of hydrogen-bond donors (Lipinski definition) is 1. The van der Waals surface area contributed by atoms with E-state index in [-0.39, 0.29) is 0 Å². The summed E-state index contributed by atoms with van der Waals surface area (Å²) in [5, 5.41) is 2.12. The molecule has 2 atom stereocenters. The van der Waals surface area contributed by atoms with E-state index in [9.17, 15) is 0 Å². The Hall–Kier alpha value is -0.450. The SMILES string of the molecule is CC(c1cscn1)N1CCC(N)C1. The summed E-state index contributed by atoms with van der Waals surface area (Å²) in [6.07, 6.45) is 1.12. The maximum Gasteiger partial charge on any atom is 0.0795 e. The number of aromatic nitrogens is 1. The van der Waals surface area contributed by atoms with E-state index in [1.807, 2.05) is 5.51 Å². The first-order valence-corrected chi connectivity index (χ1v) is 5.59. The van der Waals surface area contributed by atoms with Crippen LogP contribution >= 0.6 is 11.3 Å². The molecule has 3 nitrogen and oxygen atoms in total. The molecule has 1 fully saturated rings. The third-order valence-electron chi connectivity index (χ3n) is 2.68. The molecule has 1 aliphatic rings. The summed E-state index contributed by atoms with van der Waals surface area (Å²) >= 11 is 1.66. The van der Waals surface area contributed by atoms with Gasteiger partial charge in [-0.05, 0) is 13.3 Å². The van der Waals surface area contributed by atoms with Crippen LogP contribution in [0.1, 0.15) is 25.1 Å². The molecular weight excluding hydrogens is 182 g/mol. The second kappa shape index (κ2) is 3.74. The zero-order valence-corrected chi connectivity index (χ0v) is 8.63. The zero-order chi connectivity index (χ0) is 9.26. The van der Waals surface area contributed by atoms with E-state index in [0.717, 1.165) is 19.5 Å². The normalized spacial score (nSPS) is 26.5. The summed E-state index contributed by atoms with van der Waals surface area (Å²) in [4.78, 5) is 6.72. The quantitative estimate of drug-likeness (QED) is 0.775. The second-order valence-electron chi connectivity index (χ2n) is 3.63. The Bertz CT molecular complexity index is 260. The van der Waals surface area contributed by atoms with Gasteiger partial charge in [-0.1, -0.05) is 0 Å².